The Morgan fingerprint density at radius 2 is 1.86 bits per heavy atom. The minimum atomic E-state index is -2.31. The van der Waals surface area contributed by atoms with Crippen LogP contribution in [0.1, 0.15) is 59.8 Å². The van der Waals surface area contributed by atoms with Crippen LogP contribution in [0.25, 0.3) is 11.1 Å². The van der Waals surface area contributed by atoms with Crippen LogP contribution < -0.4 is 15.8 Å². The van der Waals surface area contributed by atoms with Crippen LogP contribution in [0.2, 0.25) is 0 Å². The fourth-order valence-electron chi connectivity index (χ4n) is 4.61. The minimum absolute atomic E-state index is 0.296. The second kappa shape index (κ2) is 11.9. The molecular weight excluding hydrogens is 457 g/mol. The highest BCUT2D eigenvalue weighted by molar-refractivity contribution is 7.37. The number of pyridine rings is 1. The summed E-state index contributed by atoms with van der Waals surface area (Å²) < 4.78 is 16.6. The number of fused-ring (bicyclic) bond motifs is 3. The summed E-state index contributed by atoms with van der Waals surface area (Å²) in [6, 6.07) is 15.0. The zero-order valence-corrected chi connectivity index (χ0v) is 21.6. The summed E-state index contributed by atoms with van der Waals surface area (Å²) in [5, 5.41) is 3.36. The summed E-state index contributed by atoms with van der Waals surface area (Å²) in [7, 11) is -2.31. The van der Waals surface area contributed by atoms with Crippen LogP contribution in [-0.2, 0) is 17.4 Å². The van der Waals surface area contributed by atoms with E-state index in [-0.39, 0.29) is 6.17 Å². The van der Waals surface area contributed by atoms with Crippen molar-refractivity contribution in [3.8, 4) is 16.9 Å². The Kier molecular flexibility index (Phi) is 8.61. The number of aromatic nitrogens is 1. The van der Waals surface area contributed by atoms with Crippen LogP contribution in [0, 0.1) is 13.8 Å². The van der Waals surface area contributed by atoms with Gasteiger partial charge in [0.05, 0.1) is 12.3 Å². The van der Waals surface area contributed by atoms with E-state index >= 15 is 0 Å². The number of aryl methyl sites for hydroxylation is 4. The summed E-state index contributed by atoms with van der Waals surface area (Å²) in [6.45, 7) is 4.89. The Morgan fingerprint density at radius 3 is 2.66 bits per heavy atom. The van der Waals surface area contributed by atoms with E-state index in [2.05, 4.69) is 61.6 Å². The average Bonchev–Trinajstić information content (AvgIpc) is 2.82. The van der Waals surface area contributed by atoms with Crippen LogP contribution in [0.5, 0.6) is 5.75 Å². The van der Waals surface area contributed by atoms with Gasteiger partial charge in [-0.05, 0) is 86.1 Å². The highest BCUT2D eigenvalue weighted by atomic mass is 31.1. The molecule has 0 saturated carbocycles. The van der Waals surface area contributed by atoms with Crippen molar-refractivity contribution in [1.29, 1.82) is 0 Å². The van der Waals surface area contributed by atoms with Crippen molar-refractivity contribution in [2.45, 2.75) is 58.5 Å². The number of rotatable bonds is 11. The molecule has 0 aliphatic carbocycles. The lowest BCUT2D eigenvalue weighted by atomic mass is 9.93. The van der Waals surface area contributed by atoms with Gasteiger partial charge in [-0.3, -0.25) is 9.55 Å². The third-order valence-electron chi connectivity index (χ3n) is 6.60. The number of nitrogens with two attached hydrogens (primary N) is 1. The summed E-state index contributed by atoms with van der Waals surface area (Å²) >= 11 is 0. The molecule has 0 bridgehead atoms. The fourth-order valence-corrected chi connectivity index (χ4v) is 5.16. The first-order chi connectivity index (χ1) is 16.9. The molecule has 1 aromatic heterocycles. The van der Waals surface area contributed by atoms with Gasteiger partial charge in [0.2, 0.25) is 0 Å². The van der Waals surface area contributed by atoms with Crippen molar-refractivity contribution in [3.63, 3.8) is 0 Å². The van der Waals surface area contributed by atoms with E-state index in [0.29, 0.717) is 12.8 Å². The van der Waals surface area contributed by atoms with E-state index in [4.69, 9.17) is 20.3 Å². The van der Waals surface area contributed by atoms with E-state index in [1.165, 1.54) is 22.3 Å². The average molecular weight is 494 g/mol. The number of anilines is 1. The molecule has 4 N–H and O–H groups in total. The third kappa shape index (κ3) is 6.72. The van der Waals surface area contributed by atoms with Gasteiger partial charge in [0, 0.05) is 29.2 Å². The van der Waals surface area contributed by atoms with Gasteiger partial charge in [-0.1, -0.05) is 31.0 Å². The number of unbranched alkanes of at least 4 members (excludes halogenated alkanes) is 3. The molecule has 0 radical (unpaired) electrons. The maximum atomic E-state index is 10.7. The van der Waals surface area contributed by atoms with Gasteiger partial charge in [-0.15, -0.1) is 0 Å². The zero-order valence-electron chi connectivity index (χ0n) is 20.6. The maximum absolute atomic E-state index is 10.7. The Hall–Kier alpha value is -2.66. The van der Waals surface area contributed by atoms with Crippen molar-refractivity contribution in [3.05, 3.63) is 76.6 Å². The molecule has 0 amide bonds. The molecule has 2 unspecified atom stereocenters. The van der Waals surface area contributed by atoms with Crippen LogP contribution in [-0.4, -0.2) is 22.6 Å². The fraction of sp³-hybridized carbons (Fsp3) is 0.393. The van der Waals surface area contributed by atoms with Crippen LogP contribution >= 0.6 is 8.03 Å². The Labute approximate surface area is 208 Å². The van der Waals surface area contributed by atoms with Crippen LogP contribution in [0.4, 0.5) is 5.69 Å². The lowest BCUT2D eigenvalue weighted by Crippen LogP contribution is -2.25. The van der Waals surface area contributed by atoms with Crippen molar-refractivity contribution in [1.82, 2.24) is 4.98 Å². The van der Waals surface area contributed by atoms with Gasteiger partial charge in [0.1, 0.15) is 11.9 Å². The molecule has 186 valence electrons. The van der Waals surface area contributed by atoms with Gasteiger partial charge in [-0.2, -0.15) is 0 Å². The smallest absolute Gasteiger partial charge is 0.189 e. The second-order valence-electron chi connectivity index (χ2n) is 9.44. The minimum Gasteiger partial charge on any atom is -0.494 e. The molecule has 2 atom stereocenters. The largest absolute Gasteiger partial charge is 0.494 e. The van der Waals surface area contributed by atoms with Crippen molar-refractivity contribution in [2.75, 3.05) is 18.1 Å². The molecular formula is C28H36N3O3P. The predicted octanol–water partition coefficient (Wildman–Crippen LogP) is 5.94. The molecule has 0 spiro atoms. The number of hydrogen-bond donors (Lipinski definition) is 3. The van der Waals surface area contributed by atoms with Gasteiger partial charge < -0.3 is 20.7 Å². The highest BCUT2D eigenvalue weighted by Crippen LogP contribution is 2.38. The second-order valence-corrected chi connectivity index (χ2v) is 10.7. The quantitative estimate of drug-likeness (QED) is 0.226. The van der Waals surface area contributed by atoms with Gasteiger partial charge in [0.15, 0.2) is 8.03 Å². The van der Waals surface area contributed by atoms with Crippen molar-refractivity contribution >= 4 is 13.7 Å². The molecule has 2 heterocycles. The topological polar surface area (TPSA) is 97.5 Å². The first kappa shape index (κ1) is 25.4. The molecule has 6 nitrogen and oxygen atoms in total. The number of benzene rings is 2. The molecule has 1 aliphatic rings. The predicted molar refractivity (Wildman–Crippen MR) is 144 cm³/mol. The van der Waals surface area contributed by atoms with Gasteiger partial charge in [0.25, 0.3) is 0 Å². The van der Waals surface area contributed by atoms with E-state index in [1.54, 1.807) is 0 Å². The molecule has 0 fully saturated rings. The summed E-state index contributed by atoms with van der Waals surface area (Å²) in [5.41, 5.74) is 15.5. The standard InChI is InChI=1S/C28H36N3O3P/c1-19-7-12-24-25-17-21(18-30-27(25)28(29)31-26(24)15-19)8-9-22-10-11-23(16-20(22)2)34-13-5-3-4-6-14-35(32)33/h7,10-12,15-18,28,31,35H,3-6,8-9,13-14,29H2,1-2H3,(H,32,33). The molecule has 0 saturated heterocycles. The summed E-state index contributed by atoms with van der Waals surface area (Å²) in [6.07, 6.45) is 7.71. The first-order valence-electron chi connectivity index (χ1n) is 12.5. The SMILES string of the molecule is Cc1ccc2c(c1)NC(N)c1ncc(CCc3ccc(OCCCCCC[PH](=O)O)cc3C)cc1-2. The third-order valence-corrected chi connectivity index (χ3v) is 7.38. The molecule has 4 rings (SSSR count). The lowest BCUT2D eigenvalue weighted by molar-refractivity contribution is 0.305. The Morgan fingerprint density at radius 1 is 1.03 bits per heavy atom. The normalized spacial score (nSPS) is 15.1. The lowest BCUT2D eigenvalue weighted by Gasteiger charge is -2.27. The Bertz CT molecular complexity index is 1200. The van der Waals surface area contributed by atoms with Gasteiger partial charge >= 0.3 is 0 Å². The van der Waals surface area contributed by atoms with Crippen molar-refractivity contribution < 1.29 is 14.2 Å². The number of nitrogens with one attached hydrogen (secondary N) is 1. The summed E-state index contributed by atoms with van der Waals surface area (Å²) in [5.74, 6) is 0.899. The maximum Gasteiger partial charge on any atom is 0.189 e. The van der Waals surface area contributed by atoms with Crippen molar-refractivity contribution in [2.24, 2.45) is 5.73 Å². The molecule has 35 heavy (non-hydrogen) atoms. The van der Waals surface area contributed by atoms with E-state index in [0.717, 1.165) is 66.8 Å². The zero-order chi connectivity index (χ0) is 24.8. The number of hydrogen-bond acceptors (Lipinski definition) is 5. The van der Waals surface area contributed by atoms with Gasteiger partial charge in [-0.25, -0.2) is 0 Å². The van der Waals surface area contributed by atoms with Crippen LogP contribution in [0.15, 0.2) is 48.7 Å². The number of nitrogens with zero attached hydrogens (tertiary/aromatic N) is 1. The summed E-state index contributed by atoms with van der Waals surface area (Å²) in [4.78, 5) is 13.6. The highest BCUT2D eigenvalue weighted by Gasteiger charge is 2.23. The van der Waals surface area contributed by atoms with Crippen LogP contribution in [0.3, 0.4) is 0 Å². The first-order valence-corrected chi connectivity index (χ1v) is 14.0. The van der Waals surface area contributed by atoms with E-state index < -0.39 is 8.03 Å². The monoisotopic (exact) mass is 493 g/mol. The molecule has 2 aromatic carbocycles. The van der Waals surface area contributed by atoms with E-state index in [9.17, 15) is 4.57 Å². The molecule has 1 aliphatic heterocycles. The number of ether oxygens (including phenoxy) is 1. The Balaban J connectivity index is 1.33. The van der Waals surface area contributed by atoms with E-state index in [1.807, 2.05) is 6.20 Å². The molecule has 7 heteroatoms. The molecule has 3 aromatic rings.